The van der Waals surface area contributed by atoms with Crippen molar-refractivity contribution in [2.45, 2.75) is 59.5 Å². The zero-order chi connectivity index (χ0) is 12.2. The molecule has 0 aliphatic heterocycles. The van der Waals surface area contributed by atoms with E-state index < -0.39 is 6.04 Å². The summed E-state index contributed by atoms with van der Waals surface area (Å²) in [4.78, 5) is 13.9. The molecule has 0 rings (SSSR count). The first kappa shape index (κ1) is 14.4. The van der Waals surface area contributed by atoms with Gasteiger partial charge in [0, 0.05) is 13.1 Å². The molecule has 0 radical (unpaired) electrons. The molecule has 0 bridgehead atoms. The lowest BCUT2D eigenvalue weighted by atomic mass is 9.86. The normalized spacial score (nSPS) is 14.1. The fraction of sp³-hybridized carbons (Fsp3) is 0.917. The molecular formula is C12H26N2O. The van der Waals surface area contributed by atoms with Crippen molar-refractivity contribution in [1.82, 2.24) is 4.90 Å². The van der Waals surface area contributed by atoms with Crippen LogP contribution in [0.1, 0.15) is 47.5 Å². The summed E-state index contributed by atoms with van der Waals surface area (Å²) in [6, 6.07) is -0.103. The molecule has 1 amide bonds. The quantitative estimate of drug-likeness (QED) is 0.778. The standard InChI is InChI=1S/C12H26N2O/c1-7-9(8-2)14(6)11(15)10(13)12(3,4)5/h9-10H,7-8,13H2,1-6H3. The molecule has 3 heteroatoms. The van der Waals surface area contributed by atoms with E-state index in [1.165, 1.54) is 0 Å². The van der Waals surface area contributed by atoms with E-state index in [0.29, 0.717) is 6.04 Å². The lowest BCUT2D eigenvalue weighted by Crippen LogP contribution is -2.51. The maximum atomic E-state index is 12.0. The van der Waals surface area contributed by atoms with Crippen molar-refractivity contribution in [3.8, 4) is 0 Å². The maximum absolute atomic E-state index is 12.0. The number of hydrogen-bond acceptors (Lipinski definition) is 2. The lowest BCUT2D eigenvalue weighted by Gasteiger charge is -2.33. The highest BCUT2D eigenvalue weighted by atomic mass is 16.2. The minimum absolute atomic E-state index is 0.0520. The van der Waals surface area contributed by atoms with Crippen molar-refractivity contribution in [2.24, 2.45) is 11.1 Å². The molecule has 0 aromatic heterocycles. The highest BCUT2D eigenvalue weighted by Gasteiger charge is 2.31. The number of rotatable bonds is 4. The Balaban J connectivity index is 4.57. The molecule has 0 aliphatic carbocycles. The van der Waals surface area contributed by atoms with Crippen LogP contribution in [-0.4, -0.2) is 29.9 Å². The number of likely N-dealkylation sites (N-methyl/N-ethyl adjacent to an activating group) is 1. The van der Waals surface area contributed by atoms with Crippen LogP contribution in [0.15, 0.2) is 0 Å². The topological polar surface area (TPSA) is 46.3 Å². The average Bonchev–Trinajstić information content (AvgIpc) is 2.15. The van der Waals surface area contributed by atoms with E-state index in [4.69, 9.17) is 5.73 Å². The van der Waals surface area contributed by atoms with Crippen LogP contribution >= 0.6 is 0 Å². The zero-order valence-electron chi connectivity index (χ0n) is 11.0. The third kappa shape index (κ3) is 3.82. The predicted molar refractivity (Wildman–Crippen MR) is 64.6 cm³/mol. The number of carbonyl (C=O) groups excluding carboxylic acids is 1. The molecule has 0 fully saturated rings. The van der Waals surface area contributed by atoms with E-state index >= 15 is 0 Å². The molecule has 0 spiro atoms. The Morgan fingerprint density at radius 3 is 1.93 bits per heavy atom. The van der Waals surface area contributed by atoms with Gasteiger partial charge in [-0.1, -0.05) is 34.6 Å². The van der Waals surface area contributed by atoms with E-state index in [1.807, 2.05) is 27.8 Å². The molecule has 0 aromatic rings. The van der Waals surface area contributed by atoms with E-state index in [9.17, 15) is 4.79 Å². The van der Waals surface area contributed by atoms with Crippen molar-refractivity contribution < 1.29 is 4.79 Å². The Bertz CT molecular complexity index is 204. The van der Waals surface area contributed by atoms with Crippen LogP contribution in [0.3, 0.4) is 0 Å². The third-order valence-electron chi connectivity index (χ3n) is 3.04. The molecule has 90 valence electrons. The second-order valence-electron chi connectivity index (χ2n) is 5.26. The summed E-state index contributed by atoms with van der Waals surface area (Å²) in [5.74, 6) is 0.0520. The van der Waals surface area contributed by atoms with E-state index in [2.05, 4.69) is 13.8 Å². The average molecular weight is 214 g/mol. The van der Waals surface area contributed by atoms with Gasteiger partial charge < -0.3 is 10.6 Å². The summed E-state index contributed by atoms with van der Waals surface area (Å²) in [5.41, 5.74) is 5.78. The molecule has 0 heterocycles. The van der Waals surface area contributed by atoms with E-state index in [-0.39, 0.29) is 11.3 Å². The van der Waals surface area contributed by atoms with Crippen LogP contribution in [0.25, 0.3) is 0 Å². The first-order chi connectivity index (χ1) is 6.75. The van der Waals surface area contributed by atoms with Gasteiger partial charge in [-0.05, 0) is 18.3 Å². The number of nitrogens with zero attached hydrogens (tertiary/aromatic N) is 1. The van der Waals surface area contributed by atoms with Gasteiger partial charge in [-0.15, -0.1) is 0 Å². The van der Waals surface area contributed by atoms with Crippen molar-refractivity contribution in [3.63, 3.8) is 0 Å². The molecule has 3 nitrogen and oxygen atoms in total. The summed E-state index contributed by atoms with van der Waals surface area (Å²) in [6.07, 6.45) is 1.96. The van der Waals surface area contributed by atoms with Crippen LogP contribution in [0.4, 0.5) is 0 Å². The highest BCUT2D eigenvalue weighted by Crippen LogP contribution is 2.20. The Hall–Kier alpha value is -0.570. The van der Waals surface area contributed by atoms with Crippen molar-refractivity contribution in [3.05, 3.63) is 0 Å². The molecule has 15 heavy (non-hydrogen) atoms. The molecular weight excluding hydrogens is 188 g/mol. The molecule has 1 unspecified atom stereocenters. The SMILES string of the molecule is CCC(CC)N(C)C(=O)C(N)C(C)(C)C. The van der Waals surface area contributed by atoms with Crippen LogP contribution in [0.2, 0.25) is 0 Å². The molecule has 0 saturated heterocycles. The van der Waals surface area contributed by atoms with Crippen LogP contribution in [0, 0.1) is 5.41 Å². The lowest BCUT2D eigenvalue weighted by molar-refractivity contribution is -0.135. The van der Waals surface area contributed by atoms with Gasteiger partial charge in [0.15, 0.2) is 0 Å². The van der Waals surface area contributed by atoms with E-state index in [0.717, 1.165) is 12.8 Å². The van der Waals surface area contributed by atoms with Crippen molar-refractivity contribution >= 4 is 5.91 Å². The number of hydrogen-bond donors (Lipinski definition) is 1. The number of nitrogens with two attached hydrogens (primary N) is 1. The van der Waals surface area contributed by atoms with Gasteiger partial charge in [-0.3, -0.25) is 4.79 Å². The van der Waals surface area contributed by atoms with Gasteiger partial charge in [0.2, 0.25) is 5.91 Å². The van der Waals surface area contributed by atoms with Crippen LogP contribution in [-0.2, 0) is 4.79 Å². The number of carbonyl (C=O) groups is 1. The van der Waals surface area contributed by atoms with Gasteiger partial charge in [-0.2, -0.15) is 0 Å². The van der Waals surface area contributed by atoms with Gasteiger partial charge >= 0.3 is 0 Å². The van der Waals surface area contributed by atoms with Crippen molar-refractivity contribution in [1.29, 1.82) is 0 Å². The molecule has 0 saturated carbocycles. The van der Waals surface area contributed by atoms with Gasteiger partial charge in [0.25, 0.3) is 0 Å². The smallest absolute Gasteiger partial charge is 0.240 e. The molecule has 0 aromatic carbocycles. The summed E-state index contributed by atoms with van der Waals surface area (Å²) in [5, 5.41) is 0. The first-order valence-corrected chi connectivity index (χ1v) is 5.77. The number of amides is 1. The summed E-state index contributed by atoms with van der Waals surface area (Å²) < 4.78 is 0. The predicted octanol–water partition coefficient (Wildman–Crippen LogP) is 2.01. The summed E-state index contributed by atoms with van der Waals surface area (Å²) >= 11 is 0. The molecule has 1 atom stereocenters. The first-order valence-electron chi connectivity index (χ1n) is 5.77. The largest absolute Gasteiger partial charge is 0.341 e. The molecule has 0 aliphatic rings. The summed E-state index contributed by atoms with van der Waals surface area (Å²) in [6.45, 7) is 10.2. The Morgan fingerprint density at radius 1 is 1.27 bits per heavy atom. The Kier molecular flexibility index (Phi) is 5.29. The molecule has 2 N–H and O–H groups in total. The minimum Gasteiger partial charge on any atom is -0.341 e. The minimum atomic E-state index is -0.414. The van der Waals surface area contributed by atoms with Crippen molar-refractivity contribution in [2.75, 3.05) is 7.05 Å². The summed E-state index contributed by atoms with van der Waals surface area (Å²) in [7, 11) is 1.85. The van der Waals surface area contributed by atoms with Gasteiger partial charge in [0.05, 0.1) is 6.04 Å². The Labute approximate surface area is 94.0 Å². The van der Waals surface area contributed by atoms with Crippen LogP contribution < -0.4 is 5.73 Å². The monoisotopic (exact) mass is 214 g/mol. The zero-order valence-corrected chi connectivity index (χ0v) is 11.0. The van der Waals surface area contributed by atoms with Gasteiger partial charge in [0.1, 0.15) is 0 Å². The fourth-order valence-electron chi connectivity index (χ4n) is 1.61. The highest BCUT2D eigenvalue weighted by molar-refractivity contribution is 5.82. The maximum Gasteiger partial charge on any atom is 0.240 e. The Morgan fingerprint density at radius 2 is 1.67 bits per heavy atom. The van der Waals surface area contributed by atoms with E-state index in [1.54, 1.807) is 4.90 Å². The third-order valence-corrected chi connectivity index (χ3v) is 3.04. The van der Waals surface area contributed by atoms with Gasteiger partial charge in [-0.25, -0.2) is 0 Å². The van der Waals surface area contributed by atoms with Crippen LogP contribution in [0.5, 0.6) is 0 Å². The fourth-order valence-corrected chi connectivity index (χ4v) is 1.61. The second-order valence-corrected chi connectivity index (χ2v) is 5.26. The second kappa shape index (κ2) is 5.50.